The van der Waals surface area contributed by atoms with Crippen LogP contribution in [0.2, 0.25) is 0 Å². The molecule has 0 radical (unpaired) electrons. The highest BCUT2D eigenvalue weighted by Gasteiger charge is 2.21. The molecule has 0 unspecified atom stereocenters. The Morgan fingerprint density at radius 1 is 0.875 bits per heavy atom. The van der Waals surface area contributed by atoms with E-state index in [0.29, 0.717) is 17.8 Å². The molecule has 3 aromatic carbocycles. The first-order valence-electron chi connectivity index (χ1n) is 10.3. The number of rotatable bonds is 7. The van der Waals surface area contributed by atoms with E-state index in [0.717, 1.165) is 16.8 Å². The van der Waals surface area contributed by atoms with Crippen molar-refractivity contribution in [3.05, 3.63) is 108 Å². The smallest absolute Gasteiger partial charge is 0.342 e. The number of hydrogen-bond donors (Lipinski definition) is 0. The molecule has 0 atom stereocenters. The van der Waals surface area contributed by atoms with Gasteiger partial charge in [-0.3, -0.25) is 4.79 Å². The fourth-order valence-electron chi connectivity index (χ4n) is 3.31. The number of likely N-dealkylation sites (N-methyl/N-ethyl adjacent to an activating group) is 1. The summed E-state index contributed by atoms with van der Waals surface area (Å²) in [7, 11) is 1.69. The second-order valence-corrected chi connectivity index (χ2v) is 7.35. The van der Waals surface area contributed by atoms with Crippen LogP contribution in [0.15, 0.2) is 97.2 Å². The van der Waals surface area contributed by atoms with Crippen LogP contribution in [0.5, 0.6) is 0 Å². The molecule has 0 aliphatic rings. The van der Waals surface area contributed by atoms with Crippen LogP contribution in [0, 0.1) is 0 Å². The Kier molecular flexibility index (Phi) is 6.41. The van der Waals surface area contributed by atoms with Gasteiger partial charge < -0.3 is 9.64 Å². The van der Waals surface area contributed by atoms with Crippen LogP contribution in [0.1, 0.15) is 15.9 Å². The molecular formula is C26H23N3O3. The van der Waals surface area contributed by atoms with Crippen molar-refractivity contribution in [3.63, 3.8) is 0 Å². The molecule has 1 amide bonds. The molecule has 0 saturated carbocycles. The van der Waals surface area contributed by atoms with E-state index < -0.39 is 5.97 Å². The van der Waals surface area contributed by atoms with Gasteiger partial charge in [-0.2, -0.15) is 5.10 Å². The highest BCUT2D eigenvalue weighted by Crippen LogP contribution is 2.24. The Labute approximate surface area is 186 Å². The number of para-hydroxylation sites is 1. The van der Waals surface area contributed by atoms with E-state index >= 15 is 0 Å². The highest BCUT2D eigenvalue weighted by atomic mass is 16.5. The average Bonchev–Trinajstić information content (AvgIpc) is 3.30. The first-order valence-corrected chi connectivity index (χ1v) is 10.3. The van der Waals surface area contributed by atoms with E-state index in [2.05, 4.69) is 5.10 Å². The number of amides is 1. The normalized spacial score (nSPS) is 10.5. The van der Waals surface area contributed by atoms with Crippen LogP contribution in [-0.2, 0) is 16.1 Å². The fraction of sp³-hybridized carbons (Fsp3) is 0.115. The van der Waals surface area contributed by atoms with E-state index in [1.807, 2.05) is 91.0 Å². The summed E-state index contributed by atoms with van der Waals surface area (Å²) in [6, 6.07) is 28.6. The standard InChI is InChI=1S/C26H23N3O3/c1-28(17-20-11-5-2-6-12-20)24(30)19-32-26(31)23-18-29(22-15-9-4-10-16-22)27-25(23)21-13-7-3-8-14-21/h2-16,18H,17,19H2,1H3. The Balaban J connectivity index is 1.51. The average molecular weight is 425 g/mol. The fourth-order valence-corrected chi connectivity index (χ4v) is 3.31. The Morgan fingerprint density at radius 3 is 2.12 bits per heavy atom. The zero-order chi connectivity index (χ0) is 22.3. The van der Waals surface area contributed by atoms with E-state index in [1.165, 1.54) is 4.90 Å². The van der Waals surface area contributed by atoms with Gasteiger partial charge in [-0.1, -0.05) is 78.9 Å². The lowest BCUT2D eigenvalue weighted by molar-refractivity contribution is -0.133. The predicted molar refractivity (Wildman–Crippen MR) is 122 cm³/mol. The third-order valence-corrected chi connectivity index (χ3v) is 5.02. The molecule has 1 aromatic heterocycles. The number of carbonyl (C=O) groups excluding carboxylic acids is 2. The Morgan fingerprint density at radius 2 is 1.47 bits per heavy atom. The van der Waals surface area contributed by atoms with Crippen LogP contribution in [0.3, 0.4) is 0 Å². The summed E-state index contributed by atoms with van der Waals surface area (Å²) in [5.41, 5.74) is 3.43. The van der Waals surface area contributed by atoms with Gasteiger partial charge in [-0.15, -0.1) is 0 Å². The molecule has 0 aliphatic heterocycles. The van der Waals surface area contributed by atoms with Crippen LogP contribution in [0.25, 0.3) is 16.9 Å². The van der Waals surface area contributed by atoms with Gasteiger partial charge >= 0.3 is 5.97 Å². The van der Waals surface area contributed by atoms with Crippen molar-refractivity contribution in [2.45, 2.75) is 6.54 Å². The SMILES string of the molecule is CN(Cc1ccccc1)C(=O)COC(=O)c1cn(-c2ccccc2)nc1-c1ccccc1. The second kappa shape index (κ2) is 9.75. The lowest BCUT2D eigenvalue weighted by Crippen LogP contribution is -2.30. The summed E-state index contributed by atoms with van der Waals surface area (Å²) < 4.78 is 7.02. The second-order valence-electron chi connectivity index (χ2n) is 7.35. The van der Waals surface area contributed by atoms with Gasteiger partial charge in [0.1, 0.15) is 11.3 Å². The zero-order valence-electron chi connectivity index (χ0n) is 17.7. The minimum atomic E-state index is -0.590. The molecule has 0 saturated heterocycles. The van der Waals surface area contributed by atoms with E-state index in [4.69, 9.17) is 4.74 Å². The third-order valence-electron chi connectivity index (χ3n) is 5.02. The molecule has 6 heteroatoms. The van der Waals surface area contributed by atoms with Gasteiger partial charge in [0.05, 0.1) is 5.69 Å². The molecule has 4 aromatic rings. The van der Waals surface area contributed by atoms with Gasteiger partial charge in [0.25, 0.3) is 5.91 Å². The van der Waals surface area contributed by atoms with Crippen LogP contribution >= 0.6 is 0 Å². The van der Waals surface area contributed by atoms with E-state index in [1.54, 1.807) is 17.9 Å². The van der Waals surface area contributed by atoms with Gasteiger partial charge in [0, 0.05) is 25.4 Å². The molecule has 160 valence electrons. The van der Waals surface area contributed by atoms with E-state index in [9.17, 15) is 9.59 Å². The maximum absolute atomic E-state index is 12.9. The number of esters is 1. The van der Waals surface area contributed by atoms with Crippen molar-refractivity contribution in [1.29, 1.82) is 0 Å². The summed E-state index contributed by atoms with van der Waals surface area (Å²) in [6.45, 7) is 0.103. The maximum Gasteiger partial charge on any atom is 0.342 e. The van der Waals surface area contributed by atoms with E-state index in [-0.39, 0.29) is 12.5 Å². The quantitative estimate of drug-likeness (QED) is 0.413. The van der Waals surface area contributed by atoms with Gasteiger partial charge in [0.2, 0.25) is 0 Å². The van der Waals surface area contributed by atoms with Crippen LogP contribution < -0.4 is 0 Å². The summed E-state index contributed by atoms with van der Waals surface area (Å²) in [5.74, 6) is -0.869. The maximum atomic E-state index is 12.9. The summed E-state index contributed by atoms with van der Waals surface area (Å²) in [5, 5.41) is 4.61. The molecule has 32 heavy (non-hydrogen) atoms. The van der Waals surface area contributed by atoms with Gasteiger partial charge in [-0.05, 0) is 17.7 Å². The molecule has 1 heterocycles. The number of nitrogens with zero attached hydrogens (tertiary/aromatic N) is 3. The molecule has 6 nitrogen and oxygen atoms in total. The van der Waals surface area contributed by atoms with Crippen molar-refractivity contribution in [1.82, 2.24) is 14.7 Å². The molecule has 0 fully saturated rings. The van der Waals surface area contributed by atoms with Crippen molar-refractivity contribution in [3.8, 4) is 16.9 Å². The minimum absolute atomic E-state index is 0.279. The summed E-state index contributed by atoms with van der Waals surface area (Å²) in [6.07, 6.45) is 1.64. The Bertz CT molecular complexity index is 1190. The monoisotopic (exact) mass is 425 g/mol. The molecular weight excluding hydrogens is 402 g/mol. The molecule has 0 spiro atoms. The zero-order valence-corrected chi connectivity index (χ0v) is 17.7. The number of hydrogen-bond acceptors (Lipinski definition) is 4. The molecule has 4 rings (SSSR count). The topological polar surface area (TPSA) is 64.4 Å². The van der Waals surface area contributed by atoms with Crippen molar-refractivity contribution in [2.24, 2.45) is 0 Å². The summed E-state index contributed by atoms with van der Waals surface area (Å²) >= 11 is 0. The summed E-state index contributed by atoms with van der Waals surface area (Å²) in [4.78, 5) is 27.0. The third kappa shape index (κ3) is 4.92. The number of benzene rings is 3. The molecule has 0 N–H and O–H groups in total. The molecule has 0 bridgehead atoms. The predicted octanol–water partition coefficient (Wildman–Crippen LogP) is 4.35. The first-order chi connectivity index (χ1) is 15.6. The number of carbonyl (C=O) groups is 2. The van der Waals surface area contributed by atoms with Crippen LogP contribution in [-0.4, -0.2) is 40.2 Å². The van der Waals surface area contributed by atoms with Crippen LogP contribution in [0.4, 0.5) is 0 Å². The number of ether oxygens (including phenoxy) is 1. The highest BCUT2D eigenvalue weighted by molar-refractivity contribution is 5.97. The minimum Gasteiger partial charge on any atom is -0.452 e. The van der Waals surface area contributed by atoms with Gasteiger partial charge in [0.15, 0.2) is 6.61 Å². The lowest BCUT2D eigenvalue weighted by Gasteiger charge is -2.17. The lowest BCUT2D eigenvalue weighted by atomic mass is 10.1. The number of aromatic nitrogens is 2. The van der Waals surface area contributed by atoms with Crippen molar-refractivity contribution in [2.75, 3.05) is 13.7 Å². The first kappa shape index (κ1) is 21.1. The largest absolute Gasteiger partial charge is 0.452 e. The molecule has 0 aliphatic carbocycles. The van der Waals surface area contributed by atoms with Crippen molar-refractivity contribution >= 4 is 11.9 Å². The van der Waals surface area contributed by atoms with Gasteiger partial charge in [-0.25, -0.2) is 9.48 Å². The van der Waals surface area contributed by atoms with Crippen molar-refractivity contribution < 1.29 is 14.3 Å². The Hall–Kier alpha value is -4.19.